The third kappa shape index (κ3) is 5.34. The Kier molecular flexibility index (Phi) is 7.08. The van der Waals surface area contributed by atoms with Crippen LogP contribution in [0.3, 0.4) is 0 Å². The maximum absolute atomic E-state index is 11.7. The molecule has 4 rings (SSSR count). The molecule has 2 aliphatic heterocycles. The minimum Gasteiger partial charge on any atom is -0.487 e. The molecular weight excluding hydrogens is 448 g/mol. The van der Waals surface area contributed by atoms with E-state index in [-0.39, 0.29) is 19.1 Å². The van der Waals surface area contributed by atoms with E-state index in [1.165, 1.54) is 25.6 Å². The number of methoxy groups -OCH3 is 1. The summed E-state index contributed by atoms with van der Waals surface area (Å²) >= 11 is 0. The Balaban J connectivity index is 1.46. The second-order valence-electron chi connectivity index (χ2n) is 8.01. The normalized spacial score (nSPS) is 23.7. The van der Waals surface area contributed by atoms with Crippen LogP contribution in [-0.2, 0) is 46.4 Å². The number of amides is 1. The van der Waals surface area contributed by atoms with Crippen LogP contribution >= 0.6 is 0 Å². The summed E-state index contributed by atoms with van der Waals surface area (Å²) in [6, 6.07) is 5.46. The third-order valence-corrected chi connectivity index (χ3v) is 5.40. The molecule has 1 aromatic heterocycles. The minimum absolute atomic E-state index is 0.00245. The summed E-state index contributed by atoms with van der Waals surface area (Å²) in [7, 11) is 1.49. The van der Waals surface area contributed by atoms with Crippen molar-refractivity contribution in [2.45, 2.75) is 57.8 Å². The van der Waals surface area contributed by atoms with Crippen LogP contribution in [0.5, 0.6) is 5.75 Å². The molecule has 1 amide bonds. The highest BCUT2D eigenvalue weighted by atomic mass is 16.7. The number of aryl methyl sites for hydroxylation is 1. The van der Waals surface area contributed by atoms with Crippen LogP contribution in [0.2, 0.25) is 0 Å². The fourth-order valence-corrected chi connectivity index (χ4v) is 3.98. The van der Waals surface area contributed by atoms with Gasteiger partial charge in [-0.05, 0) is 30.2 Å². The molecule has 1 saturated heterocycles. The SMILES string of the molecule is COCC1OC(n2cc(COc3ccc4c(c3)CCC(=O)N4)nn2)[C@H](OC(C)=O)[C@@H]1OC(C)=O. The lowest BCUT2D eigenvalue weighted by Gasteiger charge is -2.23. The van der Waals surface area contributed by atoms with Crippen LogP contribution < -0.4 is 10.1 Å². The smallest absolute Gasteiger partial charge is 0.303 e. The third-order valence-electron chi connectivity index (χ3n) is 5.40. The molecule has 0 spiro atoms. The number of aromatic nitrogens is 3. The monoisotopic (exact) mass is 474 g/mol. The quantitative estimate of drug-likeness (QED) is 0.554. The summed E-state index contributed by atoms with van der Waals surface area (Å²) < 4.78 is 29.2. The Bertz CT molecular complexity index is 1070. The van der Waals surface area contributed by atoms with Crippen LogP contribution in [-0.4, -0.2) is 64.9 Å². The van der Waals surface area contributed by atoms with Crippen molar-refractivity contribution >= 4 is 23.5 Å². The number of nitrogens with zero attached hydrogens (tertiary/aromatic N) is 3. The molecular formula is C22H26N4O8. The number of carbonyl (C=O) groups excluding carboxylic acids is 3. The summed E-state index contributed by atoms with van der Waals surface area (Å²) in [5, 5.41) is 11.0. The van der Waals surface area contributed by atoms with Crippen LogP contribution in [0.15, 0.2) is 24.4 Å². The summed E-state index contributed by atoms with van der Waals surface area (Å²) in [6.45, 7) is 2.78. The fourth-order valence-electron chi connectivity index (χ4n) is 3.98. The number of carbonyl (C=O) groups is 3. The molecule has 12 heteroatoms. The van der Waals surface area contributed by atoms with E-state index in [0.717, 1.165) is 11.3 Å². The number of fused-ring (bicyclic) bond motifs is 1. The van der Waals surface area contributed by atoms with Gasteiger partial charge in [0.15, 0.2) is 18.4 Å². The standard InChI is InChI=1S/C22H26N4O8/c1-12(27)32-20-18(11-30-3)34-22(21(20)33-13(2)28)26-9-15(24-25-26)10-31-16-5-6-17-14(8-16)4-7-19(29)23-17/h5-6,8-9,18,20-22H,4,7,10-11H2,1-3H3,(H,23,29)/t18?,20-,21-,22?/m1/s1. The highest BCUT2D eigenvalue weighted by Gasteiger charge is 2.50. The van der Waals surface area contributed by atoms with E-state index in [4.69, 9.17) is 23.7 Å². The highest BCUT2D eigenvalue weighted by molar-refractivity contribution is 5.94. The average molecular weight is 474 g/mol. The van der Waals surface area contributed by atoms with Gasteiger partial charge in [0.05, 0.1) is 12.8 Å². The predicted molar refractivity (Wildman–Crippen MR) is 115 cm³/mol. The van der Waals surface area contributed by atoms with Gasteiger partial charge in [-0.25, -0.2) is 4.68 Å². The molecule has 12 nitrogen and oxygen atoms in total. The summed E-state index contributed by atoms with van der Waals surface area (Å²) in [5.74, 6) is -0.456. The van der Waals surface area contributed by atoms with Crippen molar-refractivity contribution < 1.29 is 38.1 Å². The van der Waals surface area contributed by atoms with Gasteiger partial charge in [0, 0.05) is 33.1 Å². The zero-order valence-electron chi connectivity index (χ0n) is 19.1. The van der Waals surface area contributed by atoms with Crippen LogP contribution in [0.1, 0.15) is 37.8 Å². The topological polar surface area (TPSA) is 140 Å². The van der Waals surface area contributed by atoms with E-state index in [1.54, 1.807) is 18.3 Å². The van der Waals surface area contributed by atoms with Crippen molar-refractivity contribution in [3.63, 3.8) is 0 Å². The number of benzene rings is 1. The first kappa shape index (κ1) is 23.6. The Morgan fingerprint density at radius 3 is 2.68 bits per heavy atom. The first-order chi connectivity index (χ1) is 16.3. The molecule has 182 valence electrons. The number of rotatable bonds is 8. The molecule has 2 unspecified atom stereocenters. The Labute approximate surface area is 195 Å². The van der Waals surface area contributed by atoms with Crippen molar-refractivity contribution in [1.82, 2.24) is 15.0 Å². The van der Waals surface area contributed by atoms with E-state index < -0.39 is 36.5 Å². The molecule has 4 atom stereocenters. The minimum atomic E-state index is -0.937. The molecule has 0 saturated carbocycles. The largest absolute Gasteiger partial charge is 0.487 e. The van der Waals surface area contributed by atoms with E-state index in [9.17, 15) is 14.4 Å². The number of ether oxygens (including phenoxy) is 5. The van der Waals surface area contributed by atoms with Crippen molar-refractivity contribution in [3.05, 3.63) is 35.7 Å². The van der Waals surface area contributed by atoms with Crippen LogP contribution in [0.25, 0.3) is 0 Å². The van der Waals surface area contributed by atoms with E-state index >= 15 is 0 Å². The average Bonchev–Trinajstić information content (AvgIpc) is 3.37. The Hall–Kier alpha value is -3.51. The summed E-state index contributed by atoms with van der Waals surface area (Å²) in [5.41, 5.74) is 2.30. The number of nitrogens with one attached hydrogen (secondary N) is 1. The molecule has 1 N–H and O–H groups in total. The van der Waals surface area contributed by atoms with Gasteiger partial charge >= 0.3 is 11.9 Å². The maximum Gasteiger partial charge on any atom is 0.303 e. The first-order valence-corrected chi connectivity index (χ1v) is 10.8. The van der Waals surface area contributed by atoms with Crippen molar-refractivity contribution in [2.24, 2.45) is 0 Å². The second kappa shape index (κ2) is 10.2. The molecule has 0 aliphatic carbocycles. The molecule has 0 radical (unpaired) electrons. The van der Waals surface area contributed by atoms with Gasteiger partial charge < -0.3 is 29.0 Å². The Morgan fingerprint density at radius 1 is 1.18 bits per heavy atom. The van der Waals surface area contributed by atoms with Crippen molar-refractivity contribution in [3.8, 4) is 5.75 Å². The van der Waals surface area contributed by atoms with E-state index in [0.29, 0.717) is 24.3 Å². The molecule has 2 aromatic rings. The number of esters is 2. The second-order valence-corrected chi connectivity index (χ2v) is 8.01. The van der Waals surface area contributed by atoms with E-state index in [2.05, 4.69) is 15.6 Å². The van der Waals surface area contributed by atoms with Gasteiger partial charge in [-0.2, -0.15) is 0 Å². The van der Waals surface area contributed by atoms with Gasteiger partial charge in [0.2, 0.25) is 5.91 Å². The molecule has 1 aromatic carbocycles. The first-order valence-electron chi connectivity index (χ1n) is 10.8. The molecule has 3 heterocycles. The van der Waals surface area contributed by atoms with Gasteiger partial charge in [0.25, 0.3) is 0 Å². The van der Waals surface area contributed by atoms with Gasteiger partial charge in [-0.15, -0.1) is 5.10 Å². The zero-order valence-corrected chi connectivity index (χ0v) is 19.1. The van der Waals surface area contributed by atoms with Gasteiger partial charge in [-0.1, -0.05) is 5.21 Å². The van der Waals surface area contributed by atoms with E-state index in [1.807, 2.05) is 6.07 Å². The van der Waals surface area contributed by atoms with Gasteiger partial charge in [0.1, 0.15) is 24.2 Å². The number of hydrogen-bond donors (Lipinski definition) is 1. The number of anilines is 1. The van der Waals surface area contributed by atoms with Crippen LogP contribution in [0, 0.1) is 0 Å². The van der Waals surface area contributed by atoms with Gasteiger partial charge in [-0.3, -0.25) is 14.4 Å². The predicted octanol–water partition coefficient (Wildman–Crippen LogP) is 1.15. The molecule has 1 fully saturated rings. The van der Waals surface area contributed by atoms with Crippen molar-refractivity contribution in [1.29, 1.82) is 0 Å². The molecule has 34 heavy (non-hydrogen) atoms. The maximum atomic E-state index is 11.7. The lowest BCUT2D eigenvalue weighted by Crippen LogP contribution is -2.40. The number of hydrogen-bond acceptors (Lipinski definition) is 10. The lowest BCUT2D eigenvalue weighted by atomic mass is 10.0. The summed E-state index contributed by atoms with van der Waals surface area (Å²) in [4.78, 5) is 34.9. The fraction of sp³-hybridized carbons (Fsp3) is 0.500. The molecule has 0 bridgehead atoms. The molecule has 2 aliphatic rings. The van der Waals surface area contributed by atoms with Crippen LogP contribution in [0.4, 0.5) is 5.69 Å². The summed E-state index contributed by atoms with van der Waals surface area (Å²) in [6.07, 6.45) is -0.644. The zero-order chi connectivity index (χ0) is 24.2. The van der Waals surface area contributed by atoms with Crippen molar-refractivity contribution in [2.75, 3.05) is 19.0 Å². The lowest BCUT2D eigenvalue weighted by molar-refractivity contribution is -0.166. The highest BCUT2D eigenvalue weighted by Crippen LogP contribution is 2.34. The Morgan fingerprint density at radius 2 is 1.94 bits per heavy atom.